The zero-order chi connectivity index (χ0) is 24.3. The van der Waals surface area contributed by atoms with Gasteiger partial charge >= 0.3 is 6.18 Å². The van der Waals surface area contributed by atoms with Crippen LogP contribution in [0.1, 0.15) is 60.9 Å². The molecular weight excluding hydrogens is 459 g/mol. The molecule has 0 unspecified atom stereocenters. The van der Waals surface area contributed by atoms with Crippen molar-refractivity contribution in [1.29, 1.82) is 0 Å². The summed E-state index contributed by atoms with van der Waals surface area (Å²) in [5.41, 5.74) is 1.32. The Balaban J connectivity index is 1.52. The molecule has 4 rings (SSSR count). The predicted molar refractivity (Wildman–Crippen MR) is 129 cm³/mol. The molecule has 1 aliphatic carbocycles. The van der Waals surface area contributed by atoms with Crippen molar-refractivity contribution in [2.75, 3.05) is 5.32 Å². The summed E-state index contributed by atoms with van der Waals surface area (Å²) in [5.74, 6) is 0.638. The third-order valence-corrected chi connectivity index (χ3v) is 7.33. The highest BCUT2D eigenvalue weighted by Crippen LogP contribution is 2.42. The number of rotatable bonds is 6. The summed E-state index contributed by atoms with van der Waals surface area (Å²) in [6.07, 6.45) is -1.85. The molecule has 34 heavy (non-hydrogen) atoms. The maximum absolute atomic E-state index is 13.7. The first-order valence-corrected chi connectivity index (χ1v) is 12.3. The van der Waals surface area contributed by atoms with E-state index in [2.05, 4.69) is 27.4 Å². The fourth-order valence-corrected chi connectivity index (χ4v) is 5.18. The number of benzene rings is 2. The molecule has 1 heterocycles. The second-order valence-corrected chi connectivity index (χ2v) is 10.2. The first-order chi connectivity index (χ1) is 16.1. The van der Waals surface area contributed by atoms with Gasteiger partial charge in [-0.25, -0.2) is 9.97 Å². The quantitative estimate of drug-likeness (QED) is 0.359. The summed E-state index contributed by atoms with van der Waals surface area (Å²) >= 11 is 1.72. The Labute approximate surface area is 202 Å². The highest BCUT2D eigenvalue weighted by atomic mass is 32.2. The van der Waals surface area contributed by atoms with Gasteiger partial charge in [-0.15, -0.1) is 11.8 Å². The second kappa shape index (κ2) is 9.96. The Morgan fingerprint density at radius 3 is 2.47 bits per heavy atom. The third-order valence-electron chi connectivity index (χ3n) is 6.27. The molecule has 0 aliphatic heterocycles. The lowest BCUT2D eigenvalue weighted by Crippen LogP contribution is -2.30. The van der Waals surface area contributed by atoms with E-state index in [1.165, 1.54) is 5.56 Å². The monoisotopic (exact) mass is 487 g/mol. The van der Waals surface area contributed by atoms with Crippen molar-refractivity contribution in [1.82, 2.24) is 9.97 Å². The normalized spacial score (nSPS) is 20.8. The molecule has 180 valence electrons. The van der Waals surface area contributed by atoms with Crippen molar-refractivity contribution in [2.24, 2.45) is 0 Å². The molecule has 0 radical (unpaired) electrons. The Kier molecular flexibility index (Phi) is 7.19. The van der Waals surface area contributed by atoms with Crippen LogP contribution in [-0.2, 0) is 11.9 Å². The summed E-state index contributed by atoms with van der Waals surface area (Å²) in [7, 11) is 0. The number of anilines is 2. The molecule has 3 aromatic rings. The number of aryl methyl sites for hydroxylation is 1. The minimum Gasteiger partial charge on any atom is -0.390 e. The van der Waals surface area contributed by atoms with E-state index in [4.69, 9.17) is 0 Å². The molecule has 0 bridgehead atoms. The highest BCUT2D eigenvalue weighted by molar-refractivity contribution is 7.98. The predicted octanol–water partition coefficient (Wildman–Crippen LogP) is 7.25. The van der Waals surface area contributed by atoms with Crippen LogP contribution in [0, 0.1) is 6.92 Å². The minimum atomic E-state index is -4.53. The zero-order valence-corrected chi connectivity index (χ0v) is 20.0. The van der Waals surface area contributed by atoms with Crippen LogP contribution in [0.4, 0.5) is 24.8 Å². The first kappa shape index (κ1) is 24.5. The molecule has 1 saturated carbocycles. The summed E-state index contributed by atoms with van der Waals surface area (Å²) in [6.45, 7) is 3.68. The van der Waals surface area contributed by atoms with Crippen LogP contribution < -0.4 is 5.32 Å². The largest absolute Gasteiger partial charge is 0.419 e. The zero-order valence-electron chi connectivity index (χ0n) is 19.2. The highest BCUT2D eigenvalue weighted by Gasteiger charge is 2.39. The summed E-state index contributed by atoms with van der Waals surface area (Å²) in [5, 5.41) is 13.3. The van der Waals surface area contributed by atoms with Crippen LogP contribution in [0.2, 0.25) is 0 Å². The van der Waals surface area contributed by atoms with Gasteiger partial charge < -0.3 is 10.4 Å². The molecule has 1 aliphatic rings. The number of aromatic nitrogens is 2. The Morgan fingerprint density at radius 1 is 1.12 bits per heavy atom. The summed E-state index contributed by atoms with van der Waals surface area (Å²) in [6, 6.07) is 16.1. The average Bonchev–Trinajstić information content (AvgIpc) is 2.79. The fraction of sp³-hybridized carbons (Fsp3) is 0.385. The van der Waals surface area contributed by atoms with Crippen LogP contribution in [0.15, 0.2) is 59.6 Å². The van der Waals surface area contributed by atoms with Crippen LogP contribution >= 0.6 is 11.8 Å². The summed E-state index contributed by atoms with van der Waals surface area (Å²) < 4.78 is 41.0. The molecular formula is C26H28F3N3OS. The first-order valence-electron chi connectivity index (χ1n) is 11.3. The molecule has 0 atom stereocenters. The molecule has 0 saturated heterocycles. The van der Waals surface area contributed by atoms with E-state index in [0.717, 1.165) is 28.1 Å². The van der Waals surface area contributed by atoms with Gasteiger partial charge in [0.15, 0.2) is 0 Å². The molecule has 0 spiro atoms. The van der Waals surface area contributed by atoms with Gasteiger partial charge in [-0.05, 0) is 68.9 Å². The van der Waals surface area contributed by atoms with Gasteiger partial charge in [0, 0.05) is 28.5 Å². The Bertz CT molecular complexity index is 1130. The molecule has 4 nitrogen and oxygen atoms in total. The number of aliphatic hydroxyl groups is 1. The van der Waals surface area contributed by atoms with Crippen LogP contribution in [-0.4, -0.2) is 20.7 Å². The van der Waals surface area contributed by atoms with E-state index in [0.29, 0.717) is 25.7 Å². The maximum Gasteiger partial charge on any atom is 0.419 e. The fourth-order valence-electron chi connectivity index (χ4n) is 4.23. The lowest BCUT2D eigenvalue weighted by Gasteiger charge is -2.33. The summed E-state index contributed by atoms with van der Waals surface area (Å²) in [4.78, 5) is 9.39. The van der Waals surface area contributed by atoms with Crippen molar-refractivity contribution >= 4 is 23.4 Å². The number of alkyl halides is 3. The van der Waals surface area contributed by atoms with Crippen LogP contribution in [0.25, 0.3) is 0 Å². The van der Waals surface area contributed by atoms with Crippen molar-refractivity contribution in [3.8, 4) is 0 Å². The minimum absolute atomic E-state index is 0.00758. The van der Waals surface area contributed by atoms with Gasteiger partial charge in [0.2, 0.25) is 5.95 Å². The van der Waals surface area contributed by atoms with Crippen LogP contribution in [0.5, 0.6) is 0 Å². The third kappa shape index (κ3) is 6.10. The van der Waals surface area contributed by atoms with Crippen molar-refractivity contribution in [2.45, 2.75) is 67.9 Å². The standard InChI is InChI=1S/C26H28F3N3OS/c1-17-14-20(34-16-18-6-4-3-5-7-18)8-9-22(17)31-24-30-15-21(26(27,28)29)23(32-24)19-10-12-25(2,33)13-11-19/h3-9,14-15,19,33H,10-13,16H2,1-2H3,(H,30,31,32)/t19-,25-. The van der Waals surface area contributed by atoms with E-state index in [-0.39, 0.29) is 17.6 Å². The Hall–Kier alpha value is -2.58. The van der Waals surface area contributed by atoms with Gasteiger partial charge in [-0.3, -0.25) is 0 Å². The van der Waals surface area contributed by atoms with Crippen molar-refractivity contribution < 1.29 is 18.3 Å². The SMILES string of the molecule is Cc1cc(SCc2ccccc2)ccc1Nc1ncc(C(F)(F)F)c([C@H]2CC[C@](C)(O)CC2)n1. The van der Waals surface area contributed by atoms with Gasteiger partial charge in [-0.1, -0.05) is 30.3 Å². The van der Waals surface area contributed by atoms with Crippen LogP contribution in [0.3, 0.4) is 0 Å². The van der Waals surface area contributed by atoms with Crippen molar-refractivity contribution in [3.05, 3.63) is 77.1 Å². The molecule has 1 fully saturated rings. The average molecular weight is 488 g/mol. The van der Waals surface area contributed by atoms with E-state index in [1.807, 2.05) is 43.3 Å². The number of thioether (sulfide) groups is 1. The van der Waals surface area contributed by atoms with Gasteiger partial charge in [-0.2, -0.15) is 13.2 Å². The number of halogens is 3. The number of nitrogens with one attached hydrogen (secondary N) is 1. The molecule has 0 amide bonds. The second-order valence-electron chi connectivity index (χ2n) is 9.14. The van der Waals surface area contributed by atoms with E-state index in [9.17, 15) is 18.3 Å². The lowest BCUT2D eigenvalue weighted by atomic mass is 9.78. The number of hydrogen-bond donors (Lipinski definition) is 2. The van der Waals surface area contributed by atoms with Gasteiger partial charge in [0.25, 0.3) is 0 Å². The number of hydrogen-bond acceptors (Lipinski definition) is 5. The lowest BCUT2D eigenvalue weighted by molar-refractivity contribution is -0.139. The maximum atomic E-state index is 13.7. The van der Waals surface area contributed by atoms with Gasteiger partial charge in [0.05, 0.1) is 16.9 Å². The molecule has 1 aromatic heterocycles. The molecule has 2 N–H and O–H groups in total. The van der Waals surface area contributed by atoms with Crippen molar-refractivity contribution in [3.63, 3.8) is 0 Å². The van der Waals surface area contributed by atoms with E-state index >= 15 is 0 Å². The van der Waals surface area contributed by atoms with E-state index in [1.54, 1.807) is 18.7 Å². The number of nitrogens with zero attached hydrogens (tertiary/aromatic N) is 2. The van der Waals surface area contributed by atoms with Gasteiger partial charge in [0.1, 0.15) is 0 Å². The molecule has 8 heteroatoms. The Morgan fingerprint density at radius 2 is 1.82 bits per heavy atom. The topological polar surface area (TPSA) is 58.0 Å². The molecule has 2 aromatic carbocycles. The smallest absolute Gasteiger partial charge is 0.390 e. The van der Waals surface area contributed by atoms with E-state index < -0.39 is 17.3 Å².